The predicted octanol–water partition coefficient (Wildman–Crippen LogP) is 1.77. The Morgan fingerprint density at radius 2 is 2.12 bits per heavy atom. The molecule has 3 heteroatoms. The molecular weight excluding hydrogens is 212 g/mol. The highest BCUT2D eigenvalue weighted by molar-refractivity contribution is 5.78. The molecule has 3 nitrogen and oxygen atoms in total. The molecule has 0 radical (unpaired) electrons. The van der Waals surface area contributed by atoms with Crippen molar-refractivity contribution >= 4 is 5.91 Å². The molecule has 0 bridgehead atoms. The third-order valence-corrected chi connectivity index (χ3v) is 3.54. The van der Waals surface area contributed by atoms with Crippen LogP contribution in [-0.2, 0) is 11.3 Å². The molecule has 17 heavy (non-hydrogen) atoms. The number of carbonyl (C=O) groups excluding carboxylic acids is 1. The van der Waals surface area contributed by atoms with E-state index < -0.39 is 0 Å². The van der Waals surface area contributed by atoms with Gasteiger partial charge in [-0.2, -0.15) is 0 Å². The summed E-state index contributed by atoms with van der Waals surface area (Å²) < 4.78 is 0. The van der Waals surface area contributed by atoms with Crippen LogP contribution in [0.2, 0.25) is 0 Å². The molecule has 1 aliphatic heterocycles. The quantitative estimate of drug-likeness (QED) is 0.860. The minimum Gasteiger partial charge on any atom is -0.338 e. The third kappa shape index (κ3) is 2.86. The molecule has 0 saturated carbocycles. The summed E-state index contributed by atoms with van der Waals surface area (Å²) in [6.07, 6.45) is 1.55. The first-order valence-electron chi connectivity index (χ1n) is 6.28. The molecule has 0 spiro atoms. The highest BCUT2D eigenvalue weighted by Gasteiger charge is 2.32. The summed E-state index contributed by atoms with van der Waals surface area (Å²) in [5.74, 6) is 0.568. The lowest BCUT2D eigenvalue weighted by Gasteiger charge is -2.19. The van der Waals surface area contributed by atoms with Gasteiger partial charge in [0, 0.05) is 31.5 Å². The average molecular weight is 232 g/mol. The smallest absolute Gasteiger partial charge is 0.223 e. The molecule has 2 atom stereocenters. The Hall–Kier alpha value is -1.35. The first-order chi connectivity index (χ1) is 8.20. The van der Waals surface area contributed by atoms with E-state index in [0.717, 1.165) is 13.0 Å². The van der Waals surface area contributed by atoms with Gasteiger partial charge in [-0.15, -0.1) is 0 Å². The van der Waals surface area contributed by atoms with E-state index in [1.54, 1.807) is 0 Å². The maximum atomic E-state index is 11.9. The zero-order valence-corrected chi connectivity index (χ0v) is 10.3. The molecule has 1 aromatic rings. The molecule has 0 aromatic heterocycles. The minimum atomic E-state index is 0.153. The van der Waals surface area contributed by atoms with Crippen LogP contribution >= 0.6 is 0 Å². The van der Waals surface area contributed by atoms with Crippen molar-refractivity contribution in [1.82, 2.24) is 4.90 Å². The number of hydrogen-bond acceptors (Lipinski definition) is 2. The van der Waals surface area contributed by atoms with Gasteiger partial charge < -0.3 is 10.6 Å². The number of benzene rings is 1. The van der Waals surface area contributed by atoms with Crippen LogP contribution in [0.4, 0.5) is 0 Å². The van der Waals surface area contributed by atoms with Crippen LogP contribution in [0.15, 0.2) is 30.3 Å². The number of rotatable bonds is 4. The van der Waals surface area contributed by atoms with E-state index in [-0.39, 0.29) is 11.9 Å². The fourth-order valence-electron chi connectivity index (χ4n) is 2.38. The first kappa shape index (κ1) is 12.1. The third-order valence-electron chi connectivity index (χ3n) is 3.54. The van der Waals surface area contributed by atoms with Gasteiger partial charge in [0.15, 0.2) is 0 Å². The molecule has 2 N–H and O–H groups in total. The number of carbonyl (C=O) groups is 1. The van der Waals surface area contributed by atoms with Crippen LogP contribution in [0.25, 0.3) is 0 Å². The van der Waals surface area contributed by atoms with Gasteiger partial charge in [-0.3, -0.25) is 4.79 Å². The summed E-state index contributed by atoms with van der Waals surface area (Å²) in [5.41, 5.74) is 7.20. The maximum Gasteiger partial charge on any atom is 0.223 e. The van der Waals surface area contributed by atoms with Crippen molar-refractivity contribution < 1.29 is 4.79 Å². The Morgan fingerprint density at radius 3 is 2.76 bits per heavy atom. The molecule has 0 unspecified atom stereocenters. The molecule has 1 amide bonds. The lowest BCUT2D eigenvalue weighted by atomic mass is 9.98. The molecule has 1 fully saturated rings. The number of nitrogens with two attached hydrogens (primary N) is 1. The average Bonchev–Trinajstić information content (AvgIpc) is 2.71. The highest BCUT2D eigenvalue weighted by Crippen LogP contribution is 2.23. The number of amides is 1. The van der Waals surface area contributed by atoms with Crippen LogP contribution in [-0.4, -0.2) is 23.4 Å². The van der Waals surface area contributed by atoms with Crippen molar-refractivity contribution in [3.05, 3.63) is 35.9 Å². The molecule has 1 saturated heterocycles. The van der Waals surface area contributed by atoms with Gasteiger partial charge in [-0.1, -0.05) is 37.3 Å². The monoisotopic (exact) mass is 232 g/mol. The molecule has 1 heterocycles. The molecule has 0 aliphatic carbocycles. The van der Waals surface area contributed by atoms with Gasteiger partial charge in [-0.05, 0) is 12.0 Å². The molecular formula is C14H20N2O. The van der Waals surface area contributed by atoms with Crippen molar-refractivity contribution in [2.75, 3.05) is 6.54 Å². The summed E-state index contributed by atoms with van der Waals surface area (Å²) >= 11 is 0. The molecule has 2 rings (SSSR count). The van der Waals surface area contributed by atoms with E-state index in [0.29, 0.717) is 18.9 Å². The maximum absolute atomic E-state index is 11.9. The minimum absolute atomic E-state index is 0.153. The standard InChI is InChI=1S/C14H20N2O/c1-2-13(15)12-8-14(17)16(10-12)9-11-6-4-3-5-7-11/h3-7,12-13H,2,8-10,15H2,1H3/t12-,13-/m0/s1. The van der Waals surface area contributed by atoms with E-state index in [2.05, 4.69) is 19.1 Å². The number of nitrogens with zero attached hydrogens (tertiary/aromatic N) is 1. The number of likely N-dealkylation sites (tertiary alicyclic amines) is 1. The van der Waals surface area contributed by atoms with Crippen molar-refractivity contribution in [3.63, 3.8) is 0 Å². The summed E-state index contributed by atoms with van der Waals surface area (Å²) in [6.45, 7) is 3.60. The molecule has 1 aromatic carbocycles. The van der Waals surface area contributed by atoms with E-state index >= 15 is 0 Å². The topological polar surface area (TPSA) is 46.3 Å². The Morgan fingerprint density at radius 1 is 1.41 bits per heavy atom. The zero-order chi connectivity index (χ0) is 12.3. The lowest BCUT2D eigenvalue weighted by molar-refractivity contribution is -0.128. The van der Waals surface area contributed by atoms with Gasteiger partial charge in [-0.25, -0.2) is 0 Å². The Labute approximate surface area is 103 Å². The Balaban J connectivity index is 1.97. The highest BCUT2D eigenvalue weighted by atomic mass is 16.2. The summed E-state index contributed by atoms with van der Waals surface area (Å²) in [6, 6.07) is 10.3. The summed E-state index contributed by atoms with van der Waals surface area (Å²) in [5, 5.41) is 0. The lowest BCUT2D eigenvalue weighted by Crippen LogP contribution is -2.32. The van der Waals surface area contributed by atoms with Crippen LogP contribution in [0.1, 0.15) is 25.3 Å². The normalized spacial score (nSPS) is 21.9. The number of hydrogen-bond donors (Lipinski definition) is 1. The second kappa shape index (κ2) is 5.32. The van der Waals surface area contributed by atoms with E-state index in [4.69, 9.17) is 5.73 Å². The van der Waals surface area contributed by atoms with Crippen molar-refractivity contribution in [2.24, 2.45) is 11.7 Å². The van der Waals surface area contributed by atoms with Gasteiger partial charge in [0.25, 0.3) is 0 Å². The van der Waals surface area contributed by atoms with Gasteiger partial charge in [0.05, 0.1) is 0 Å². The molecule has 92 valence electrons. The van der Waals surface area contributed by atoms with Crippen LogP contribution in [0.5, 0.6) is 0 Å². The fraction of sp³-hybridized carbons (Fsp3) is 0.500. The van der Waals surface area contributed by atoms with Crippen LogP contribution in [0.3, 0.4) is 0 Å². The van der Waals surface area contributed by atoms with Gasteiger partial charge in [0.1, 0.15) is 0 Å². The first-order valence-corrected chi connectivity index (χ1v) is 6.28. The summed E-state index contributed by atoms with van der Waals surface area (Å²) in [7, 11) is 0. The largest absolute Gasteiger partial charge is 0.338 e. The van der Waals surface area contributed by atoms with Crippen LogP contribution < -0.4 is 5.73 Å². The zero-order valence-electron chi connectivity index (χ0n) is 10.3. The van der Waals surface area contributed by atoms with Gasteiger partial charge >= 0.3 is 0 Å². The van der Waals surface area contributed by atoms with E-state index in [9.17, 15) is 4.79 Å². The second-order valence-electron chi connectivity index (χ2n) is 4.80. The van der Waals surface area contributed by atoms with Crippen molar-refractivity contribution in [1.29, 1.82) is 0 Å². The summed E-state index contributed by atoms with van der Waals surface area (Å²) in [4.78, 5) is 13.8. The van der Waals surface area contributed by atoms with E-state index in [1.165, 1.54) is 5.56 Å². The van der Waals surface area contributed by atoms with Crippen LogP contribution in [0, 0.1) is 5.92 Å². The Kier molecular flexibility index (Phi) is 3.79. The fourth-order valence-corrected chi connectivity index (χ4v) is 2.38. The van der Waals surface area contributed by atoms with E-state index in [1.807, 2.05) is 23.1 Å². The SMILES string of the molecule is CC[C@H](N)[C@H]1CC(=O)N(Cc2ccccc2)C1. The second-order valence-corrected chi connectivity index (χ2v) is 4.80. The van der Waals surface area contributed by atoms with Crippen molar-refractivity contribution in [2.45, 2.75) is 32.4 Å². The van der Waals surface area contributed by atoms with Gasteiger partial charge in [0.2, 0.25) is 5.91 Å². The van der Waals surface area contributed by atoms with Crippen molar-refractivity contribution in [3.8, 4) is 0 Å². The Bertz CT molecular complexity index is 377. The molecule has 1 aliphatic rings. The predicted molar refractivity (Wildman–Crippen MR) is 68.2 cm³/mol.